The molecule has 2 rings (SSSR count). The summed E-state index contributed by atoms with van der Waals surface area (Å²) in [7, 11) is 0. The van der Waals surface area contributed by atoms with Gasteiger partial charge in [-0.25, -0.2) is 9.18 Å². The van der Waals surface area contributed by atoms with Gasteiger partial charge < -0.3 is 15.5 Å². The molecule has 1 atom stereocenters. The summed E-state index contributed by atoms with van der Waals surface area (Å²) in [6.45, 7) is 4.90. The molecule has 1 heterocycles. The molecule has 1 aliphatic heterocycles. The highest BCUT2D eigenvalue weighted by Gasteiger charge is 2.23. The number of carbonyl (C=O) groups excluding carboxylic acids is 2. The monoisotopic (exact) mass is 305 g/mol. The van der Waals surface area contributed by atoms with Crippen LogP contribution >= 0.6 is 0 Å². The Labute approximate surface area is 129 Å². The zero-order valence-electron chi connectivity index (χ0n) is 12.3. The normalized spacial score (nSPS) is 17.7. The molecule has 1 aromatic carbocycles. The van der Waals surface area contributed by atoms with E-state index in [1.54, 1.807) is 17.0 Å². The largest absolute Gasteiger partial charge is 0.337 e. The Balaban J connectivity index is 1.79. The minimum Gasteiger partial charge on any atom is -0.337 e. The summed E-state index contributed by atoms with van der Waals surface area (Å²) in [4.78, 5) is 25.1. The standard InChI is InChI=1S/C16H20FN3O2/c1-2-15(21)20-8-4-7-14(11-20)19-16(22)18-10-12-5-3-6-13(17)9-12/h2-3,5-6,9,14H,1,4,7-8,10-11H2,(H2,18,19,22)/t14-/m0/s1. The molecular formula is C16H20FN3O2. The third-order valence-electron chi connectivity index (χ3n) is 3.59. The SMILES string of the molecule is C=CC(=O)N1CCC[C@H](NC(=O)NCc2cccc(F)c2)C1. The fraction of sp³-hybridized carbons (Fsp3) is 0.375. The number of benzene rings is 1. The van der Waals surface area contributed by atoms with Crippen LogP contribution in [0.3, 0.4) is 0 Å². The molecule has 0 unspecified atom stereocenters. The van der Waals surface area contributed by atoms with E-state index < -0.39 is 0 Å². The van der Waals surface area contributed by atoms with Gasteiger partial charge in [-0.05, 0) is 36.6 Å². The van der Waals surface area contributed by atoms with Crippen molar-refractivity contribution in [2.24, 2.45) is 0 Å². The van der Waals surface area contributed by atoms with Crippen LogP contribution in [-0.2, 0) is 11.3 Å². The van der Waals surface area contributed by atoms with Crippen molar-refractivity contribution >= 4 is 11.9 Å². The van der Waals surface area contributed by atoms with Gasteiger partial charge in [-0.15, -0.1) is 0 Å². The number of hydrogen-bond acceptors (Lipinski definition) is 2. The first kappa shape index (κ1) is 16.0. The lowest BCUT2D eigenvalue weighted by molar-refractivity contribution is -0.127. The lowest BCUT2D eigenvalue weighted by Gasteiger charge is -2.32. The van der Waals surface area contributed by atoms with Gasteiger partial charge in [0.2, 0.25) is 5.91 Å². The van der Waals surface area contributed by atoms with Crippen molar-refractivity contribution in [1.82, 2.24) is 15.5 Å². The number of halogens is 1. The van der Waals surface area contributed by atoms with E-state index >= 15 is 0 Å². The van der Waals surface area contributed by atoms with Crippen molar-refractivity contribution in [3.05, 3.63) is 48.3 Å². The van der Waals surface area contributed by atoms with Crippen molar-refractivity contribution in [2.45, 2.75) is 25.4 Å². The topological polar surface area (TPSA) is 61.4 Å². The number of urea groups is 1. The van der Waals surface area contributed by atoms with Crippen LogP contribution in [0.2, 0.25) is 0 Å². The number of carbonyl (C=O) groups is 2. The van der Waals surface area contributed by atoms with E-state index in [0.29, 0.717) is 18.7 Å². The Morgan fingerprint density at radius 1 is 1.45 bits per heavy atom. The Morgan fingerprint density at radius 3 is 3.00 bits per heavy atom. The molecule has 1 saturated heterocycles. The maximum Gasteiger partial charge on any atom is 0.315 e. The second kappa shape index (κ2) is 7.59. The number of nitrogens with zero attached hydrogens (tertiary/aromatic N) is 1. The van der Waals surface area contributed by atoms with Gasteiger partial charge in [0, 0.05) is 25.7 Å². The predicted molar refractivity (Wildman–Crippen MR) is 81.6 cm³/mol. The van der Waals surface area contributed by atoms with Crippen molar-refractivity contribution in [3.8, 4) is 0 Å². The maximum absolute atomic E-state index is 13.0. The van der Waals surface area contributed by atoms with Crippen molar-refractivity contribution in [1.29, 1.82) is 0 Å². The molecule has 0 bridgehead atoms. The summed E-state index contributed by atoms with van der Waals surface area (Å²) in [6, 6.07) is 5.69. The number of rotatable bonds is 4. The average molecular weight is 305 g/mol. The molecule has 6 heteroatoms. The highest BCUT2D eigenvalue weighted by atomic mass is 19.1. The first-order valence-corrected chi connectivity index (χ1v) is 7.28. The molecular weight excluding hydrogens is 285 g/mol. The van der Waals surface area contributed by atoms with Crippen LogP contribution in [-0.4, -0.2) is 36.0 Å². The molecule has 0 aromatic heterocycles. The minimum atomic E-state index is -0.328. The lowest BCUT2D eigenvalue weighted by Crippen LogP contribution is -2.51. The number of nitrogens with one attached hydrogen (secondary N) is 2. The van der Waals surface area contributed by atoms with Crippen LogP contribution in [0, 0.1) is 5.82 Å². The molecule has 3 amide bonds. The third kappa shape index (κ3) is 4.58. The Bertz CT molecular complexity index is 562. The average Bonchev–Trinajstić information content (AvgIpc) is 2.52. The summed E-state index contributed by atoms with van der Waals surface area (Å²) < 4.78 is 13.0. The van der Waals surface area contributed by atoms with E-state index in [1.165, 1.54) is 18.2 Å². The quantitative estimate of drug-likeness (QED) is 0.833. The van der Waals surface area contributed by atoms with E-state index in [4.69, 9.17) is 0 Å². The van der Waals surface area contributed by atoms with Crippen LogP contribution in [0.5, 0.6) is 0 Å². The van der Waals surface area contributed by atoms with Crippen LogP contribution in [0.15, 0.2) is 36.9 Å². The molecule has 5 nitrogen and oxygen atoms in total. The molecule has 2 N–H and O–H groups in total. The third-order valence-corrected chi connectivity index (χ3v) is 3.59. The molecule has 1 fully saturated rings. The minimum absolute atomic E-state index is 0.0786. The predicted octanol–water partition coefficient (Wildman–Crippen LogP) is 1.80. The van der Waals surface area contributed by atoms with E-state index in [9.17, 15) is 14.0 Å². The smallest absolute Gasteiger partial charge is 0.315 e. The van der Waals surface area contributed by atoms with E-state index in [-0.39, 0.29) is 30.3 Å². The first-order chi connectivity index (χ1) is 10.6. The van der Waals surface area contributed by atoms with Crippen LogP contribution in [0.4, 0.5) is 9.18 Å². The second-order valence-corrected chi connectivity index (χ2v) is 5.28. The van der Waals surface area contributed by atoms with Crippen LogP contribution in [0.1, 0.15) is 18.4 Å². The number of amides is 3. The van der Waals surface area contributed by atoms with Gasteiger partial charge in [0.25, 0.3) is 0 Å². The Kier molecular flexibility index (Phi) is 5.52. The van der Waals surface area contributed by atoms with Crippen molar-refractivity contribution < 1.29 is 14.0 Å². The molecule has 118 valence electrons. The van der Waals surface area contributed by atoms with Crippen LogP contribution < -0.4 is 10.6 Å². The van der Waals surface area contributed by atoms with Gasteiger partial charge >= 0.3 is 6.03 Å². The van der Waals surface area contributed by atoms with Gasteiger partial charge in [0.15, 0.2) is 0 Å². The number of likely N-dealkylation sites (tertiary alicyclic amines) is 1. The molecule has 0 radical (unpaired) electrons. The molecule has 22 heavy (non-hydrogen) atoms. The number of piperidine rings is 1. The van der Waals surface area contributed by atoms with Crippen molar-refractivity contribution in [2.75, 3.05) is 13.1 Å². The molecule has 1 aliphatic rings. The van der Waals surface area contributed by atoms with Gasteiger partial charge in [0.05, 0.1) is 0 Å². The lowest BCUT2D eigenvalue weighted by atomic mass is 10.1. The zero-order valence-corrected chi connectivity index (χ0v) is 12.3. The highest BCUT2D eigenvalue weighted by Crippen LogP contribution is 2.10. The van der Waals surface area contributed by atoms with Crippen molar-refractivity contribution in [3.63, 3.8) is 0 Å². The number of hydrogen-bond donors (Lipinski definition) is 2. The van der Waals surface area contributed by atoms with Gasteiger partial charge in [-0.3, -0.25) is 4.79 Å². The summed E-state index contributed by atoms with van der Waals surface area (Å²) in [5.41, 5.74) is 0.697. The Hall–Kier alpha value is -2.37. The fourth-order valence-electron chi connectivity index (χ4n) is 2.49. The molecule has 0 spiro atoms. The molecule has 1 aromatic rings. The van der Waals surface area contributed by atoms with Crippen LogP contribution in [0.25, 0.3) is 0 Å². The summed E-state index contributed by atoms with van der Waals surface area (Å²) in [5.74, 6) is -0.447. The summed E-state index contributed by atoms with van der Waals surface area (Å²) in [6.07, 6.45) is 2.95. The zero-order chi connectivity index (χ0) is 15.9. The van der Waals surface area contributed by atoms with E-state index in [1.807, 2.05) is 0 Å². The van der Waals surface area contributed by atoms with Gasteiger partial charge in [0.1, 0.15) is 5.82 Å². The highest BCUT2D eigenvalue weighted by molar-refractivity contribution is 5.87. The first-order valence-electron chi connectivity index (χ1n) is 7.28. The van der Waals surface area contributed by atoms with E-state index in [2.05, 4.69) is 17.2 Å². The van der Waals surface area contributed by atoms with Gasteiger partial charge in [-0.2, -0.15) is 0 Å². The maximum atomic E-state index is 13.0. The molecule has 0 aliphatic carbocycles. The van der Waals surface area contributed by atoms with Gasteiger partial charge in [-0.1, -0.05) is 18.7 Å². The Morgan fingerprint density at radius 2 is 2.27 bits per heavy atom. The fourth-order valence-corrected chi connectivity index (χ4v) is 2.49. The summed E-state index contributed by atoms with van der Waals surface area (Å²) >= 11 is 0. The second-order valence-electron chi connectivity index (χ2n) is 5.28. The van der Waals surface area contributed by atoms with E-state index in [0.717, 1.165) is 12.8 Å². The summed E-state index contributed by atoms with van der Waals surface area (Å²) in [5, 5.41) is 5.53. The molecule has 0 saturated carbocycles.